The lowest BCUT2D eigenvalue weighted by molar-refractivity contribution is 0.665. The van der Waals surface area contributed by atoms with Crippen LogP contribution in [-0.2, 0) is 12.8 Å². The zero-order valence-corrected chi connectivity index (χ0v) is 10.3. The third-order valence-corrected chi connectivity index (χ3v) is 4.42. The third kappa shape index (κ3) is 1.61. The second kappa shape index (κ2) is 3.77. The van der Waals surface area contributed by atoms with Crippen molar-refractivity contribution in [2.45, 2.75) is 44.9 Å². The molecule has 0 bridgehead atoms. The fraction of sp³-hybridized carbons (Fsp3) is 0.533. The average Bonchev–Trinajstić information content (AvgIpc) is 3.07. The summed E-state index contributed by atoms with van der Waals surface area (Å²) in [6, 6.07) is 4.41. The summed E-state index contributed by atoms with van der Waals surface area (Å²) in [6.07, 6.45) is 5.87. The molecule has 88 valence electrons. The summed E-state index contributed by atoms with van der Waals surface area (Å²) in [6.45, 7) is 2.26. The first kappa shape index (κ1) is 10.7. The topological polar surface area (TPSA) is 49.8 Å². The van der Waals surface area contributed by atoms with E-state index in [2.05, 4.69) is 19.1 Å². The highest BCUT2D eigenvalue weighted by Crippen LogP contribution is 2.46. The molecule has 17 heavy (non-hydrogen) atoms. The Morgan fingerprint density at radius 2 is 2.06 bits per heavy atom. The summed E-state index contributed by atoms with van der Waals surface area (Å²) < 4.78 is 0. The second-order valence-electron chi connectivity index (χ2n) is 5.48. The number of nitrogen functional groups attached to an aromatic ring is 1. The van der Waals surface area contributed by atoms with Gasteiger partial charge in [0.15, 0.2) is 0 Å². The molecule has 0 saturated heterocycles. The molecule has 2 aliphatic rings. The molecule has 1 aromatic rings. The minimum atomic E-state index is 0.521. The molecule has 1 saturated carbocycles. The number of hydrogen-bond acceptors (Lipinski definition) is 2. The van der Waals surface area contributed by atoms with Crippen molar-refractivity contribution in [1.82, 2.24) is 0 Å². The summed E-state index contributed by atoms with van der Waals surface area (Å²) in [5.41, 5.74) is 11.9. The zero-order chi connectivity index (χ0) is 12.0. The van der Waals surface area contributed by atoms with Gasteiger partial charge >= 0.3 is 0 Å². The van der Waals surface area contributed by atoms with Crippen LogP contribution in [0.5, 0.6) is 0 Å². The van der Waals surface area contributed by atoms with Gasteiger partial charge in [-0.1, -0.05) is 6.92 Å². The normalized spacial score (nSPS) is 19.8. The minimum Gasteiger partial charge on any atom is -0.398 e. The highest BCUT2D eigenvalue weighted by Gasteiger charge is 2.32. The summed E-state index contributed by atoms with van der Waals surface area (Å²) >= 11 is 0. The van der Waals surface area contributed by atoms with Gasteiger partial charge in [0.1, 0.15) is 0 Å². The summed E-state index contributed by atoms with van der Waals surface area (Å²) in [5, 5.41) is 9.26. The number of fused-ring (bicyclic) bond motifs is 1. The molecule has 0 radical (unpaired) electrons. The molecule has 0 amide bonds. The van der Waals surface area contributed by atoms with Crippen molar-refractivity contribution >= 4 is 5.69 Å². The fourth-order valence-electron chi connectivity index (χ4n) is 3.16. The predicted octanol–water partition coefficient (Wildman–Crippen LogP) is 3.14. The monoisotopic (exact) mass is 226 g/mol. The Hall–Kier alpha value is -1.49. The van der Waals surface area contributed by atoms with Gasteiger partial charge in [0.05, 0.1) is 11.6 Å². The molecule has 2 heteroatoms. The van der Waals surface area contributed by atoms with Gasteiger partial charge in [0.2, 0.25) is 0 Å². The van der Waals surface area contributed by atoms with Gasteiger partial charge in [-0.05, 0) is 66.7 Å². The van der Waals surface area contributed by atoms with Crippen molar-refractivity contribution in [2.24, 2.45) is 5.92 Å². The molecule has 0 aliphatic heterocycles. The molecular weight excluding hydrogens is 208 g/mol. The number of nitriles is 1. The second-order valence-corrected chi connectivity index (χ2v) is 5.48. The smallest absolute Gasteiger partial charge is 0.0994 e. The van der Waals surface area contributed by atoms with Crippen molar-refractivity contribution in [2.75, 3.05) is 5.73 Å². The van der Waals surface area contributed by atoms with Gasteiger partial charge < -0.3 is 5.73 Å². The molecule has 1 atom stereocenters. The van der Waals surface area contributed by atoms with Crippen LogP contribution in [0.3, 0.4) is 0 Å². The molecule has 2 nitrogen and oxygen atoms in total. The molecule has 0 aromatic heterocycles. The van der Waals surface area contributed by atoms with Crippen LogP contribution in [-0.4, -0.2) is 0 Å². The summed E-state index contributed by atoms with van der Waals surface area (Å²) in [4.78, 5) is 0. The van der Waals surface area contributed by atoms with Crippen LogP contribution in [0, 0.1) is 17.2 Å². The average molecular weight is 226 g/mol. The standard InChI is InChI=1S/C15H18N2/c1-9(10-5-6-10)14-7-11(8-16)12-3-2-4-13(12)15(14)17/h7,9-10H,2-6,17H2,1H3/t9-/m0/s1. The highest BCUT2D eigenvalue weighted by molar-refractivity contribution is 5.64. The maximum absolute atomic E-state index is 9.26. The van der Waals surface area contributed by atoms with Gasteiger partial charge in [0.25, 0.3) is 0 Å². The van der Waals surface area contributed by atoms with E-state index in [9.17, 15) is 5.26 Å². The van der Waals surface area contributed by atoms with Crippen LogP contribution in [0.25, 0.3) is 0 Å². The molecule has 1 fully saturated rings. The number of anilines is 1. The molecule has 2 N–H and O–H groups in total. The van der Waals surface area contributed by atoms with Gasteiger partial charge in [-0.2, -0.15) is 5.26 Å². The first-order valence-corrected chi connectivity index (χ1v) is 6.56. The van der Waals surface area contributed by atoms with Gasteiger partial charge in [-0.3, -0.25) is 0 Å². The molecule has 2 aliphatic carbocycles. The fourth-order valence-corrected chi connectivity index (χ4v) is 3.16. The third-order valence-electron chi connectivity index (χ3n) is 4.42. The van der Waals surface area contributed by atoms with E-state index in [1.165, 1.54) is 29.5 Å². The first-order chi connectivity index (χ1) is 8.22. The van der Waals surface area contributed by atoms with Crippen LogP contribution >= 0.6 is 0 Å². The molecule has 0 heterocycles. The Balaban J connectivity index is 2.13. The Morgan fingerprint density at radius 3 is 2.71 bits per heavy atom. The Kier molecular flexibility index (Phi) is 2.36. The minimum absolute atomic E-state index is 0.521. The molecule has 0 spiro atoms. The number of rotatable bonds is 2. The van der Waals surface area contributed by atoms with E-state index in [1.807, 2.05) is 0 Å². The van der Waals surface area contributed by atoms with Gasteiger partial charge in [-0.25, -0.2) is 0 Å². The Morgan fingerprint density at radius 1 is 1.35 bits per heavy atom. The molecule has 3 rings (SSSR count). The number of hydrogen-bond donors (Lipinski definition) is 1. The van der Waals surface area contributed by atoms with Crippen molar-refractivity contribution in [3.63, 3.8) is 0 Å². The van der Waals surface area contributed by atoms with Crippen LogP contribution in [0.15, 0.2) is 6.07 Å². The van der Waals surface area contributed by atoms with Gasteiger partial charge in [-0.15, -0.1) is 0 Å². The zero-order valence-electron chi connectivity index (χ0n) is 10.3. The first-order valence-electron chi connectivity index (χ1n) is 6.56. The lowest BCUT2D eigenvalue weighted by Crippen LogP contribution is -2.06. The number of nitrogens with zero attached hydrogens (tertiary/aromatic N) is 1. The van der Waals surface area contributed by atoms with Crippen molar-refractivity contribution < 1.29 is 0 Å². The largest absolute Gasteiger partial charge is 0.398 e. The molecule has 1 aromatic carbocycles. The highest BCUT2D eigenvalue weighted by atomic mass is 14.6. The van der Waals surface area contributed by atoms with Crippen LogP contribution in [0.1, 0.15) is 54.4 Å². The Bertz CT molecular complexity index is 507. The van der Waals surface area contributed by atoms with Crippen LogP contribution in [0.2, 0.25) is 0 Å². The Labute approximate surface area is 102 Å². The lowest BCUT2D eigenvalue weighted by atomic mass is 9.89. The van der Waals surface area contributed by atoms with Crippen molar-refractivity contribution in [1.29, 1.82) is 5.26 Å². The van der Waals surface area contributed by atoms with Crippen molar-refractivity contribution in [3.05, 3.63) is 28.3 Å². The summed E-state index contributed by atoms with van der Waals surface area (Å²) in [7, 11) is 0. The lowest BCUT2D eigenvalue weighted by Gasteiger charge is -2.17. The van der Waals surface area contributed by atoms with Crippen molar-refractivity contribution in [3.8, 4) is 6.07 Å². The van der Waals surface area contributed by atoms with E-state index in [4.69, 9.17) is 5.73 Å². The molecule has 0 unspecified atom stereocenters. The maximum Gasteiger partial charge on any atom is 0.0994 e. The van der Waals surface area contributed by atoms with E-state index in [1.54, 1.807) is 0 Å². The van der Waals surface area contributed by atoms with Crippen LogP contribution < -0.4 is 5.73 Å². The predicted molar refractivity (Wildman–Crippen MR) is 68.7 cm³/mol. The van der Waals surface area contributed by atoms with Crippen LogP contribution in [0.4, 0.5) is 5.69 Å². The number of benzene rings is 1. The van der Waals surface area contributed by atoms with E-state index < -0.39 is 0 Å². The van der Waals surface area contributed by atoms with E-state index in [-0.39, 0.29) is 0 Å². The van der Waals surface area contributed by atoms with E-state index in [0.717, 1.165) is 36.4 Å². The summed E-state index contributed by atoms with van der Waals surface area (Å²) in [5.74, 6) is 1.32. The maximum atomic E-state index is 9.26. The number of nitrogens with two attached hydrogens (primary N) is 1. The van der Waals surface area contributed by atoms with Gasteiger partial charge in [0, 0.05) is 5.69 Å². The molecular formula is C15H18N2. The van der Waals surface area contributed by atoms with E-state index in [0.29, 0.717) is 5.92 Å². The van der Waals surface area contributed by atoms with E-state index >= 15 is 0 Å². The SMILES string of the molecule is C[C@H](c1cc(C#N)c2c(c1N)CCC2)C1CC1. The quantitative estimate of drug-likeness (QED) is 0.787.